The van der Waals surface area contributed by atoms with E-state index in [1.807, 2.05) is 12.1 Å². The largest absolute Gasteiger partial charge is 0.469 e. The summed E-state index contributed by atoms with van der Waals surface area (Å²) in [6.45, 7) is 3.43. The molecule has 1 saturated heterocycles. The Kier molecular flexibility index (Phi) is 5.78. The van der Waals surface area contributed by atoms with Gasteiger partial charge in [-0.3, -0.25) is 33.9 Å². The monoisotopic (exact) mass is 832 g/mol. The third kappa shape index (κ3) is 2.49. The van der Waals surface area contributed by atoms with Gasteiger partial charge in [0.25, 0.3) is 0 Å². The van der Waals surface area contributed by atoms with E-state index < -0.39 is 144 Å². The molecule has 11 aliphatic rings. The van der Waals surface area contributed by atoms with Gasteiger partial charge in [-0.25, -0.2) is 9.59 Å². The molecule has 16 atom stereocenters. The summed E-state index contributed by atoms with van der Waals surface area (Å²) in [4.78, 5) is 115. The summed E-state index contributed by atoms with van der Waals surface area (Å²) in [6, 6.07) is 7.17. The van der Waals surface area contributed by atoms with Crippen molar-refractivity contribution >= 4 is 63.4 Å². The molecule has 0 N–H and O–H groups in total. The van der Waals surface area contributed by atoms with E-state index in [0.29, 0.717) is 32.9 Å². The van der Waals surface area contributed by atoms with Crippen molar-refractivity contribution in [1.82, 2.24) is 9.97 Å². The minimum Gasteiger partial charge on any atom is -0.469 e. The molecule has 0 spiro atoms. The number of rotatable bonds is 6. The third-order valence-electron chi connectivity index (χ3n) is 19.8. The number of benzene rings is 1. The number of nitrogens with zero attached hydrogens (tertiary/aromatic N) is 2. The Balaban J connectivity index is 1.16. The first kappa shape index (κ1) is 36.2. The molecule has 3 heterocycles. The van der Waals surface area contributed by atoms with Gasteiger partial charge in [0.15, 0.2) is 5.78 Å². The van der Waals surface area contributed by atoms with Gasteiger partial charge in [0.2, 0.25) is 11.2 Å². The van der Waals surface area contributed by atoms with Crippen molar-refractivity contribution in [2.24, 2.45) is 80.8 Å². The Morgan fingerprint density at radius 2 is 0.852 bits per heavy atom. The number of carbonyl (C=O) groups is 7. The van der Waals surface area contributed by atoms with E-state index in [1.165, 1.54) is 42.7 Å². The lowest BCUT2D eigenvalue weighted by Gasteiger charge is -2.75. The number of hydrogen-bond donors (Lipinski definition) is 0. The maximum absolute atomic E-state index is 16.2. The topological polar surface area (TPSA) is 213 Å². The fraction of sp³-hybridized carbons (Fsp3) is 0.578. The number of Topliss-reactive ketones (excluding diaryl/α,β-unsaturated/α-hetero) is 1. The van der Waals surface area contributed by atoms with E-state index in [4.69, 9.17) is 43.1 Å². The van der Waals surface area contributed by atoms with Gasteiger partial charge in [0.1, 0.15) is 10.8 Å². The summed E-state index contributed by atoms with van der Waals surface area (Å²) in [6.07, 6.45) is 3.26. The van der Waals surface area contributed by atoms with E-state index in [0.717, 1.165) is 0 Å². The van der Waals surface area contributed by atoms with Crippen LogP contribution in [-0.2, 0) is 77.5 Å². The van der Waals surface area contributed by atoms with E-state index in [-0.39, 0.29) is 0 Å². The molecule has 16 heteroatoms. The summed E-state index contributed by atoms with van der Waals surface area (Å²) in [5, 5.41) is 1.16. The number of methoxy groups -OCH3 is 6. The number of epoxide rings is 1. The van der Waals surface area contributed by atoms with E-state index >= 15 is 24.0 Å². The van der Waals surface area contributed by atoms with Crippen LogP contribution in [0, 0.1) is 80.8 Å². The second-order valence-corrected chi connectivity index (χ2v) is 19.4. The number of ether oxygens (including phenoxy) is 7. The molecule has 2 aromatic heterocycles. The summed E-state index contributed by atoms with van der Waals surface area (Å²) in [5.41, 5.74) is -12.5. The molecule has 61 heavy (non-hydrogen) atoms. The molecule has 16 unspecified atom stereocenters. The summed E-state index contributed by atoms with van der Waals surface area (Å²) >= 11 is 0. The van der Waals surface area contributed by atoms with Crippen molar-refractivity contribution in [2.45, 2.75) is 35.9 Å². The van der Waals surface area contributed by atoms with E-state index in [9.17, 15) is 9.59 Å². The van der Waals surface area contributed by atoms with Crippen LogP contribution < -0.4 is 0 Å². The normalized spacial score (nSPS) is 49.9. The van der Waals surface area contributed by atoms with Crippen molar-refractivity contribution in [1.29, 1.82) is 0 Å². The van der Waals surface area contributed by atoms with Gasteiger partial charge in [-0.1, -0.05) is 12.1 Å². The first-order chi connectivity index (χ1) is 29.2. The van der Waals surface area contributed by atoms with Crippen LogP contribution in [0.4, 0.5) is 0 Å². The van der Waals surface area contributed by atoms with Gasteiger partial charge in [-0.15, -0.1) is 0 Å². The highest BCUT2D eigenvalue weighted by Gasteiger charge is 3.15. The number of esters is 6. The Morgan fingerprint density at radius 1 is 0.508 bits per heavy atom. The highest BCUT2D eigenvalue weighted by molar-refractivity contribution is 6.25. The summed E-state index contributed by atoms with van der Waals surface area (Å²) in [7, 11) is 7.30. The van der Waals surface area contributed by atoms with Gasteiger partial charge >= 0.3 is 35.8 Å². The fourth-order valence-corrected chi connectivity index (χ4v) is 19.8. The van der Waals surface area contributed by atoms with E-state index in [2.05, 4.69) is 0 Å². The minimum absolute atomic E-state index is 0.396. The molecule has 0 radical (unpaired) electrons. The fourth-order valence-electron chi connectivity index (χ4n) is 19.8. The maximum Gasteiger partial charge on any atom is 0.342 e. The molecular weight excluding hydrogens is 792 g/mol. The Morgan fingerprint density at radius 3 is 1.20 bits per heavy atom. The molecule has 1 aromatic carbocycles. The number of ketones is 1. The minimum atomic E-state index is -1.99. The number of aromatic nitrogens is 2. The first-order valence-electron chi connectivity index (χ1n) is 20.6. The Labute approximate surface area is 346 Å². The number of carbonyl (C=O) groups excluding carboxylic acids is 7. The third-order valence-corrected chi connectivity index (χ3v) is 19.8. The lowest BCUT2D eigenvalue weighted by molar-refractivity contribution is -0.305. The van der Waals surface area contributed by atoms with Gasteiger partial charge < -0.3 is 33.2 Å². The van der Waals surface area contributed by atoms with Gasteiger partial charge in [-0.2, -0.15) is 0 Å². The molecule has 0 amide bonds. The molecule has 314 valence electrons. The Hall–Kier alpha value is -5.51. The van der Waals surface area contributed by atoms with Crippen molar-refractivity contribution in [3.63, 3.8) is 0 Å². The van der Waals surface area contributed by atoms with Crippen LogP contribution in [0.25, 0.3) is 21.8 Å². The molecule has 10 fully saturated rings. The van der Waals surface area contributed by atoms with Crippen molar-refractivity contribution in [3.8, 4) is 0 Å². The summed E-state index contributed by atoms with van der Waals surface area (Å²) < 4.78 is 40.1. The Bertz CT molecular complexity index is 2650. The van der Waals surface area contributed by atoms with Crippen LogP contribution in [0.1, 0.15) is 25.0 Å². The zero-order chi connectivity index (χ0) is 42.9. The zero-order valence-corrected chi connectivity index (χ0v) is 34.3. The van der Waals surface area contributed by atoms with Crippen molar-refractivity contribution in [2.75, 3.05) is 42.7 Å². The molecule has 1 aliphatic heterocycles. The molecule has 14 rings (SSSR count). The van der Waals surface area contributed by atoms with Crippen molar-refractivity contribution < 1.29 is 66.7 Å². The second-order valence-electron chi connectivity index (χ2n) is 19.4. The predicted octanol–water partition coefficient (Wildman–Crippen LogP) is 1.64. The van der Waals surface area contributed by atoms with Crippen LogP contribution in [0.15, 0.2) is 36.7 Å². The van der Waals surface area contributed by atoms with Crippen LogP contribution in [0.2, 0.25) is 0 Å². The molecule has 10 aliphatic carbocycles. The summed E-state index contributed by atoms with van der Waals surface area (Å²) in [5.74, 6) is -12.8. The average molecular weight is 833 g/mol. The molecule has 10 bridgehead atoms. The van der Waals surface area contributed by atoms with Crippen LogP contribution >= 0.6 is 0 Å². The average Bonchev–Trinajstić information content (AvgIpc) is 3.87. The molecule has 9 saturated carbocycles. The highest BCUT2D eigenvalue weighted by Crippen LogP contribution is 3.06. The van der Waals surface area contributed by atoms with Crippen LogP contribution in [0.3, 0.4) is 0 Å². The lowest BCUT2D eigenvalue weighted by Crippen LogP contribution is -2.85. The quantitative estimate of drug-likeness (QED) is 0.114. The molecular formula is C45H40N2O14. The first-order valence-corrected chi connectivity index (χ1v) is 20.6. The standard InChI is InChI=1S/C45H40N2O14/c1-38-19-15-11-9-13-46-29(15)30-16(12-10-14-47-30)20(19)39(2,31(38)48)43(35(52)58-6)26-22-17-18-23-27-28(45(37(54)60-8)44(27,61-45)36(53)59-7)24(18)41(22,33(50)56-4)40(23,32(49)55-3)21(17)25(26)42(38,43)34(51)57-5/h9-14,17-18,21-28H,1-8H3. The van der Waals surface area contributed by atoms with Crippen LogP contribution in [0.5, 0.6) is 0 Å². The van der Waals surface area contributed by atoms with Gasteiger partial charge in [0, 0.05) is 35.0 Å². The number of fused-ring (bicyclic) bond motifs is 20. The lowest BCUT2D eigenvalue weighted by atomic mass is 9.22. The van der Waals surface area contributed by atoms with Crippen molar-refractivity contribution in [3.05, 3.63) is 47.8 Å². The zero-order valence-electron chi connectivity index (χ0n) is 34.3. The SMILES string of the molecule is COC(=O)C12OC1(C(=O)OC)C1C2C2C3C4C5C6C(C4C(C(=O)OC)(C31)C25C(=O)OC)C1(C(=O)OC)C2(C)C(=O)C(C)(c3c2c2cccnc2c2ncccc32)C61C(=O)OC. The highest BCUT2D eigenvalue weighted by atomic mass is 16.7. The predicted molar refractivity (Wildman–Crippen MR) is 200 cm³/mol. The smallest absolute Gasteiger partial charge is 0.342 e. The van der Waals surface area contributed by atoms with Gasteiger partial charge in [-0.05, 0) is 84.5 Å². The number of hydrogen-bond acceptors (Lipinski definition) is 16. The van der Waals surface area contributed by atoms with Crippen LogP contribution in [-0.4, -0.2) is 105 Å². The molecule has 16 nitrogen and oxygen atoms in total. The molecule has 3 aromatic rings. The maximum atomic E-state index is 16.2. The number of pyridine rings is 2. The van der Waals surface area contributed by atoms with E-state index in [1.54, 1.807) is 38.4 Å². The van der Waals surface area contributed by atoms with Gasteiger partial charge in [0.05, 0.1) is 75.4 Å². The second kappa shape index (κ2) is 9.74.